The molecule has 0 heterocycles. The fraction of sp³-hybridized carbons (Fsp3) is 0.556. The van der Waals surface area contributed by atoms with Gasteiger partial charge in [-0.25, -0.2) is 0 Å². The predicted molar refractivity (Wildman–Crippen MR) is 126 cm³/mol. The molecule has 0 aliphatic heterocycles. The molecule has 154 valence electrons. The monoisotopic (exact) mass is 379 g/mol. The van der Waals surface area contributed by atoms with E-state index in [1.807, 2.05) is 0 Å². The van der Waals surface area contributed by atoms with Crippen LogP contribution in [0.4, 0.5) is 11.4 Å². The van der Waals surface area contributed by atoms with Gasteiger partial charge in [0.15, 0.2) is 0 Å². The summed E-state index contributed by atoms with van der Waals surface area (Å²) in [6, 6.07) is 14.1. The van der Waals surface area contributed by atoms with Crippen molar-refractivity contribution in [3.05, 3.63) is 58.7 Å². The number of hydrogen-bond acceptors (Lipinski definition) is 1. The minimum atomic E-state index is 0.279. The van der Waals surface area contributed by atoms with E-state index in [9.17, 15) is 0 Å². The molecule has 1 heteroatoms. The van der Waals surface area contributed by atoms with Gasteiger partial charge in [0.25, 0.3) is 0 Å². The third-order valence-corrected chi connectivity index (χ3v) is 6.64. The second kappa shape index (κ2) is 10.1. The van der Waals surface area contributed by atoms with E-state index in [1.54, 1.807) is 0 Å². The summed E-state index contributed by atoms with van der Waals surface area (Å²) < 4.78 is 0. The lowest BCUT2D eigenvalue weighted by atomic mass is 9.78. The molecule has 0 aliphatic rings. The van der Waals surface area contributed by atoms with Crippen LogP contribution in [-0.2, 0) is 11.8 Å². The van der Waals surface area contributed by atoms with Gasteiger partial charge < -0.3 is 4.90 Å². The van der Waals surface area contributed by atoms with Crippen molar-refractivity contribution in [2.75, 3.05) is 11.4 Å². The van der Waals surface area contributed by atoms with E-state index in [-0.39, 0.29) is 5.41 Å². The molecule has 2 aromatic rings. The number of benzene rings is 2. The van der Waals surface area contributed by atoms with E-state index in [4.69, 9.17) is 0 Å². The zero-order valence-electron chi connectivity index (χ0n) is 19.4. The Morgan fingerprint density at radius 1 is 0.821 bits per heavy atom. The van der Waals surface area contributed by atoms with Crippen LogP contribution in [0.5, 0.6) is 0 Å². The molecule has 0 radical (unpaired) electrons. The Bertz CT molecular complexity index is 714. The minimum Gasteiger partial charge on any atom is -0.341 e. The van der Waals surface area contributed by atoms with Crippen molar-refractivity contribution < 1.29 is 0 Å². The highest BCUT2D eigenvalue weighted by Crippen LogP contribution is 2.36. The molecule has 0 amide bonds. The molecule has 0 saturated heterocycles. The molecule has 0 fully saturated rings. The topological polar surface area (TPSA) is 3.24 Å². The molecule has 0 aromatic heterocycles. The Labute approximate surface area is 174 Å². The highest BCUT2D eigenvalue weighted by atomic mass is 15.1. The third kappa shape index (κ3) is 4.99. The quantitative estimate of drug-likeness (QED) is 0.375. The number of hydrogen-bond donors (Lipinski definition) is 0. The van der Waals surface area contributed by atoms with Gasteiger partial charge in [0, 0.05) is 17.9 Å². The van der Waals surface area contributed by atoms with Crippen LogP contribution < -0.4 is 4.90 Å². The van der Waals surface area contributed by atoms with Crippen molar-refractivity contribution in [3.8, 4) is 0 Å². The first-order valence-electron chi connectivity index (χ1n) is 11.4. The van der Waals surface area contributed by atoms with Crippen LogP contribution >= 0.6 is 0 Å². The highest BCUT2D eigenvalue weighted by Gasteiger charge is 2.22. The number of nitrogens with zero attached hydrogens (tertiary/aromatic N) is 1. The van der Waals surface area contributed by atoms with E-state index in [2.05, 4.69) is 89.8 Å². The van der Waals surface area contributed by atoms with Gasteiger partial charge in [0.2, 0.25) is 0 Å². The summed E-state index contributed by atoms with van der Waals surface area (Å²) in [5.41, 5.74) is 8.68. The first-order chi connectivity index (χ1) is 13.4. The lowest BCUT2D eigenvalue weighted by Gasteiger charge is -2.30. The summed E-state index contributed by atoms with van der Waals surface area (Å²) in [4.78, 5) is 2.47. The second-order valence-corrected chi connectivity index (χ2v) is 8.59. The van der Waals surface area contributed by atoms with Gasteiger partial charge in [-0.15, -0.1) is 0 Å². The molecule has 0 unspecified atom stereocenters. The summed E-state index contributed by atoms with van der Waals surface area (Å²) in [7, 11) is 0. The van der Waals surface area contributed by atoms with E-state index in [0.29, 0.717) is 0 Å². The molecule has 28 heavy (non-hydrogen) atoms. The van der Waals surface area contributed by atoms with E-state index >= 15 is 0 Å². The molecule has 0 bridgehead atoms. The number of rotatable bonds is 10. The molecule has 0 N–H and O–H groups in total. The molecule has 0 saturated carbocycles. The van der Waals surface area contributed by atoms with Crippen molar-refractivity contribution in [2.24, 2.45) is 0 Å². The normalized spacial score (nSPS) is 11.7. The highest BCUT2D eigenvalue weighted by molar-refractivity contribution is 5.70. The first kappa shape index (κ1) is 22.5. The van der Waals surface area contributed by atoms with Crippen molar-refractivity contribution in [3.63, 3.8) is 0 Å². The van der Waals surface area contributed by atoms with Crippen molar-refractivity contribution >= 4 is 11.4 Å². The van der Waals surface area contributed by atoms with Gasteiger partial charge in [-0.3, -0.25) is 0 Å². The van der Waals surface area contributed by atoms with Gasteiger partial charge in [0.1, 0.15) is 0 Å². The predicted octanol–water partition coefficient (Wildman–Crippen LogP) is 8.27. The van der Waals surface area contributed by atoms with Gasteiger partial charge in [0.05, 0.1) is 0 Å². The molecular weight excluding hydrogens is 338 g/mol. The Hall–Kier alpha value is -1.76. The van der Waals surface area contributed by atoms with Crippen LogP contribution in [-0.4, -0.2) is 6.54 Å². The van der Waals surface area contributed by atoms with Crippen LogP contribution in [0.2, 0.25) is 0 Å². The summed E-state index contributed by atoms with van der Waals surface area (Å²) in [6.07, 6.45) is 7.45. The Kier molecular flexibility index (Phi) is 8.16. The maximum atomic E-state index is 2.47. The first-order valence-corrected chi connectivity index (χ1v) is 11.4. The lowest BCUT2D eigenvalue weighted by molar-refractivity contribution is 0.439. The third-order valence-electron chi connectivity index (χ3n) is 6.64. The average Bonchev–Trinajstić information content (AvgIpc) is 2.70. The molecular formula is C27H41N. The zero-order chi connectivity index (χ0) is 20.7. The van der Waals surface area contributed by atoms with Crippen LogP contribution in [0.25, 0.3) is 0 Å². The molecule has 2 aromatic carbocycles. The van der Waals surface area contributed by atoms with E-state index in [0.717, 1.165) is 6.54 Å². The van der Waals surface area contributed by atoms with Gasteiger partial charge >= 0.3 is 0 Å². The maximum Gasteiger partial charge on any atom is 0.0470 e. The van der Waals surface area contributed by atoms with Crippen molar-refractivity contribution in [1.29, 1.82) is 0 Å². The Morgan fingerprint density at radius 3 is 1.86 bits per heavy atom. The fourth-order valence-corrected chi connectivity index (χ4v) is 4.37. The smallest absolute Gasteiger partial charge is 0.0470 e. The van der Waals surface area contributed by atoms with Crippen LogP contribution in [0.15, 0.2) is 36.4 Å². The SMILES string of the molecule is CCCCCc1cc(C)c(N(CC)c2ccc(C(C)(CC)CC)cc2)c(C)c1. The maximum absolute atomic E-state index is 2.47. The minimum absolute atomic E-state index is 0.279. The second-order valence-electron chi connectivity index (χ2n) is 8.59. The molecule has 0 aliphatic carbocycles. The summed E-state index contributed by atoms with van der Waals surface area (Å²) in [5.74, 6) is 0. The molecule has 2 rings (SSSR count). The number of unbranched alkanes of at least 4 members (excludes halogenated alkanes) is 2. The van der Waals surface area contributed by atoms with Crippen LogP contribution in [0.3, 0.4) is 0 Å². The molecule has 0 atom stereocenters. The zero-order valence-corrected chi connectivity index (χ0v) is 19.4. The van der Waals surface area contributed by atoms with Gasteiger partial charge in [-0.05, 0) is 86.3 Å². The van der Waals surface area contributed by atoms with E-state index in [1.165, 1.54) is 72.2 Å². The lowest BCUT2D eigenvalue weighted by Crippen LogP contribution is -2.21. The van der Waals surface area contributed by atoms with Crippen molar-refractivity contribution in [2.45, 2.75) is 92.4 Å². The number of aryl methyl sites for hydroxylation is 3. The Morgan fingerprint density at radius 2 is 1.39 bits per heavy atom. The van der Waals surface area contributed by atoms with Gasteiger partial charge in [-0.1, -0.05) is 64.8 Å². The van der Waals surface area contributed by atoms with Crippen LogP contribution in [0.1, 0.15) is 89.0 Å². The van der Waals surface area contributed by atoms with Crippen molar-refractivity contribution in [1.82, 2.24) is 0 Å². The largest absolute Gasteiger partial charge is 0.341 e. The van der Waals surface area contributed by atoms with E-state index < -0.39 is 0 Å². The number of anilines is 2. The molecule has 0 spiro atoms. The molecule has 1 nitrogen and oxygen atoms in total. The van der Waals surface area contributed by atoms with Crippen LogP contribution in [0, 0.1) is 13.8 Å². The summed E-state index contributed by atoms with van der Waals surface area (Å²) >= 11 is 0. The Balaban J connectivity index is 2.32. The van der Waals surface area contributed by atoms with Gasteiger partial charge in [-0.2, -0.15) is 0 Å². The fourth-order valence-electron chi connectivity index (χ4n) is 4.37. The average molecular weight is 380 g/mol. The standard InChI is InChI=1S/C27H41N/c1-8-12-13-14-23-19-21(5)26(22(6)20-23)28(11-4)25-17-15-24(16-18-25)27(7,9-2)10-3/h15-20H,8-14H2,1-7H3. The summed E-state index contributed by atoms with van der Waals surface area (Å²) in [6.45, 7) is 17.0. The summed E-state index contributed by atoms with van der Waals surface area (Å²) in [5, 5.41) is 0.